The predicted molar refractivity (Wildman–Crippen MR) is 65.7 cm³/mol. The third-order valence-electron chi connectivity index (χ3n) is 2.35. The maximum atomic E-state index is 11.5. The summed E-state index contributed by atoms with van der Waals surface area (Å²) in [5.41, 5.74) is 11.1. The molecule has 1 aromatic carbocycles. The summed E-state index contributed by atoms with van der Waals surface area (Å²) < 4.78 is 5.18. The number of nitrogens with two attached hydrogens (primary N) is 2. The van der Waals surface area contributed by atoms with E-state index < -0.39 is 5.56 Å². The van der Waals surface area contributed by atoms with Gasteiger partial charge in [0.05, 0.1) is 12.7 Å². The van der Waals surface area contributed by atoms with Gasteiger partial charge in [0.15, 0.2) is 5.82 Å². The molecule has 0 unspecified atom stereocenters. The van der Waals surface area contributed by atoms with E-state index in [0.717, 1.165) is 0 Å². The minimum atomic E-state index is -0.460. The fourth-order valence-corrected chi connectivity index (χ4v) is 1.47. The lowest BCUT2D eigenvalue weighted by Crippen LogP contribution is -2.17. The molecule has 88 valence electrons. The molecule has 2 rings (SSSR count). The summed E-state index contributed by atoms with van der Waals surface area (Å²) in [5.74, 6) is 0.939. The van der Waals surface area contributed by atoms with E-state index in [9.17, 15) is 4.79 Å². The number of nitrogen functional groups attached to an aromatic ring is 2. The van der Waals surface area contributed by atoms with Crippen LogP contribution < -0.4 is 21.8 Å². The second kappa shape index (κ2) is 4.17. The van der Waals surface area contributed by atoms with E-state index in [1.807, 2.05) is 12.1 Å². The summed E-state index contributed by atoms with van der Waals surface area (Å²) in [6.07, 6.45) is 0. The summed E-state index contributed by atoms with van der Waals surface area (Å²) in [4.78, 5) is 18.1. The Hall–Kier alpha value is -2.50. The first-order valence-electron chi connectivity index (χ1n) is 4.92. The molecule has 0 saturated heterocycles. The summed E-state index contributed by atoms with van der Waals surface area (Å²) in [5, 5.41) is 0. The Labute approximate surface area is 97.2 Å². The van der Waals surface area contributed by atoms with Crippen molar-refractivity contribution in [2.75, 3.05) is 18.6 Å². The molecule has 5 N–H and O–H groups in total. The molecule has 0 fully saturated rings. The van der Waals surface area contributed by atoms with E-state index in [4.69, 9.17) is 16.2 Å². The molecule has 6 nitrogen and oxygen atoms in total. The maximum Gasteiger partial charge on any atom is 0.276 e. The van der Waals surface area contributed by atoms with Gasteiger partial charge in [-0.25, -0.2) is 4.98 Å². The molecule has 0 atom stereocenters. The standard InChI is InChI=1S/C11H12N4O2/c1-17-7-5-3-2-4-6(7)10-14-9(13)8(12)11(16)15-10/h2-5H,12H2,1H3,(H3,13,14,15,16). The van der Waals surface area contributed by atoms with Gasteiger partial charge in [-0.05, 0) is 12.1 Å². The smallest absolute Gasteiger partial charge is 0.276 e. The van der Waals surface area contributed by atoms with E-state index in [0.29, 0.717) is 17.1 Å². The average molecular weight is 232 g/mol. The van der Waals surface area contributed by atoms with Crippen LogP contribution in [0, 0.1) is 0 Å². The van der Waals surface area contributed by atoms with Gasteiger partial charge in [-0.15, -0.1) is 0 Å². The van der Waals surface area contributed by atoms with Crippen molar-refractivity contribution in [1.82, 2.24) is 9.97 Å². The summed E-state index contributed by atoms with van der Waals surface area (Å²) in [6.45, 7) is 0. The molecular formula is C11H12N4O2. The number of nitrogens with one attached hydrogen (secondary N) is 1. The Morgan fingerprint density at radius 1 is 1.29 bits per heavy atom. The number of aromatic amines is 1. The number of aromatic nitrogens is 2. The van der Waals surface area contributed by atoms with E-state index >= 15 is 0 Å². The van der Waals surface area contributed by atoms with Crippen LogP contribution in [-0.4, -0.2) is 17.1 Å². The fraction of sp³-hybridized carbons (Fsp3) is 0.0909. The van der Waals surface area contributed by atoms with Gasteiger partial charge in [0.25, 0.3) is 5.56 Å². The van der Waals surface area contributed by atoms with Crippen LogP contribution in [0.2, 0.25) is 0 Å². The number of hydrogen-bond acceptors (Lipinski definition) is 5. The van der Waals surface area contributed by atoms with Gasteiger partial charge in [0, 0.05) is 0 Å². The molecule has 0 amide bonds. The highest BCUT2D eigenvalue weighted by atomic mass is 16.5. The quantitative estimate of drug-likeness (QED) is 0.703. The highest BCUT2D eigenvalue weighted by Gasteiger charge is 2.10. The Kier molecular flexibility index (Phi) is 2.70. The minimum absolute atomic E-state index is 0.00894. The van der Waals surface area contributed by atoms with Crippen molar-refractivity contribution >= 4 is 11.5 Å². The van der Waals surface area contributed by atoms with Gasteiger partial charge >= 0.3 is 0 Å². The van der Waals surface area contributed by atoms with Gasteiger partial charge in [0.2, 0.25) is 0 Å². The first-order chi connectivity index (χ1) is 8.13. The van der Waals surface area contributed by atoms with Gasteiger partial charge in [-0.2, -0.15) is 0 Å². The molecule has 0 saturated carbocycles. The number of nitrogens with zero attached hydrogens (tertiary/aromatic N) is 1. The molecule has 1 heterocycles. The van der Waals surface area contributed by atoms with Crippen LogP contribution in [0.5, 0.6) is 5.75 Å². The highest BCUT2D eigenvalue weighted by molar-refractivity contribution is 5.67. The predicted octanol–water partition coefficient (Wildman–Crippen LogP) is 0.610. The van der Waals surface area contributed by atoms with Crippen molar-refractivity contribution < 1.29 is 4.74 Å². The van der Waals surface area contributed by atoms with Crippen molar-refractivity contribution in [3.05, 3.63) is 34.6 Å². The second-order valence-corrected chi connectivity index (χ2v) is 3.41. The van der Waals surface area contributed by atoms with Crippen LogP contribution >= 0.6 is 0 Å². The summed E-state index contributed by atoms with van der Waals surface area (Å²) in [7, 11) is 1.54. The molecule has 0 spiro atoms. The number of para-hydroxylation sites is 1. The average Bonchev–Trinajstić information content (AvgIpc) is 2.35. The Balaban J connectivity index is 2.65. The molecule has 2 aromatic rings. The normalized spacial score (nSPS) is 10.2. The summed E-state index contributed by atoms with van der Waals surface area (Å²) >= 11 is 0. The van der Waals surface area contributed by atoms with Crippen molar-refractivity contribution in [3.8, 4) is 17.1 Å². The number of hydrogen-bond donors (Lipinski definition) is 3. The van der Waals surface area contributed by atoms with Crippen LogP contribution in [0.4, 0.5) is 11.5 Å². The SMILES string of the molecule is COc1ccccc1-c1nc(N)c(N)c(=O)[nH]1. The molecule has 0 aliphatic rings. The first-order valence-corrected chi connectivity index (χ1v) is 4.92. The van der Waals surface area contributed by atoms with Crippen LogP contribution in [0.25, 0.3) is 11.4 Å². The topological polar surface area (TPSA) is 107 Å². The lowest BCUT2D eigenvalue weighted by molar-refractivity contribution is 0.416. The van der Waals surface area contributed by atoms with E-state index in [2.05, 4.69) is 9.97 Å². The zero-order valence-corrected chi connectivity index (χ0v) is 9.23. The number of methoxy groups -OCH3 is 1. The minimum Gasteiger partial charge on any atom is -0.496 e. The van der Waals surface area contributed by atoms with E-state index in [-0.39, 0.29) is 11.5 Å². The summed E-state index contributed by atoms with van der Waals surface area (Å²) in [6, 6.07) is 7.17. The monoisotopic (exact) mass is 232 g/mol. The highest BCUT2D eigenvalue weighted by Crippen LogP contribution is 2.26. The van der Waals surface area contributed by atoms with Crippen molar-refractivity contribution in [2.24, 2.45) is 0 Å². The Bertz CT molecular complexity index is 607. The second-order valence-electron chi connectivity index (χ2n) is 3.41. The van der Waals surface area contributed by atoms with Gasteiger partial charge < -0.3 is 21.2 Å². The third kappa shape index (κ3) is 1.92. The molecule has 1 aromatic heterocycles. The molecule has 0 radical (unpaired) electrons. The molecule has 0 bridgehead atoms. The van der Waals surface area contributed by atoms with Crippen molar-refractivity contribution in [3.63, 3.8) is 0 Å². The van der Waals surface area contributed by atoms with Crippen molar-refractivity contribution in [1.29, 1.82) is 0 Å². The van der Waals surface area contributed by atoms with Crippen molar-refractivity contribution in [2.45, 2.75) is 0 Å². The van der Waals surface area contributed by atoms with E-state index in [1.54, 1.807) is 12.1 Å². The lowest BCUT2D eigenvalue weighted by Gasteiger charge is -2.08. The van der Waals surface area contributed by atoms with Crippen LogP contribution in [0.15, 0.2) is 29.1 Å². The molecular weight excluding hydrogens is 220 g/mol. The molecule has 6 heteroatoms. The Morgan fingerprint density at radius 2 is 2.00 bits per heavy atom. The van der Waals surface area contributed by atoms with Gasteiger partial charge in [0.1, 0.15) is 17.3 Å². The molecule has 0 aliphatic carbocycles. The van der Waals surface area contributed by atoms with Crippen LogP contribution in [0.1, 0.15) is 0 Å². The zero-order chi connectivity index (χ0) is 12.4. The largest absolute Gasteiger partial charge is 0.496 e. The van der Waals surface area contributed by atoms with Gasteiger partial charge in [-0.1, -0.05) is 12.1 Å². The number of ether oxygens (including phenoxy) is 1. The third-order valence-corrected chi connectivity index (χ3v) is 2.35. The van der Waals surface area contributed by atoms with Crippen LogP contribution in [0.3, 0.4) is 0 Å². The maximum absolute atomic E-state index is 11.5. The Morgan fingerprint density at radius 3 is 2.65 bits per heavy atom. The number of anilines is 2. The molecule has 0 aliphatic heterocycles. The number of rotatable bonds is 2. The van der Waals surface area contributed by atoms with Crippen LogP contribution in [-0.2, 0) is 0 Å². The lowest BCUT2D eigenvalue weighted by atomic mass is 10.2. The zero-order valence-electron chi connectivity index (χ0n) is 9.23. The molecule has 17 heavy (non-hydrogen) atoms. The fourth-order valence-electron chi connectivity index (χ4n) is 1.47. The van der Waals surface area contributed by atoms with Gasteiger partial charge in [-0.3, -0.25) is 4.79 Å². The first kappa shape index (κ1) is 11.0. The number of H-pyrrole nitrogens is 1. The number of benzene rings is 1. The van der Waals surface area contributed by atoms with E-state index in [1.165, 1.54) is 7.11 Å².